The van der Waals surface area contributed by atoms with Gasteiger partial charge in [-0.3, -0.25) is 4.79 Å². The fourth-order valence-corrected chi connectivity index (χ4v) is 4.83. The van der Waals surface area contributed by atoms with E-state index in [4.69, 9.17) is 30.5 Å². The number of methoxy groups -OCH3 is 2. The van der Waals surface area contributed by atoms with Gasteiger partial charge in [0.2, 0.25) is 5.95 Å². The van der Waals surface area contributed by atoms with E-state index in [1.165, 1.54) is 13.4 Å². The summed E-state index contributed by atoms with van der Waals surface area (Å²) in [5.74, 6) is 2.35. The molecule has 5 rings (SSSR count). The number of anilines is 2. The average molecular weight is 576 g/mol. The van der Waals surface area contributed by atoms with Crippen molar-refractivity contribution in [3.63, 3.8) is 0 Å². The molecule has 0 bridgehead atoms. The third-order valence-corrected chi connectivity index (χ3v) is 6.99. The Labute approximate surface area is 242 Å². The Bertz CT molecular complexity index is 1600. The second-order valence-electron chi connectivity index (χ2n) is 9.13. The smallest absolute Gasteiger partial charge is 0.255 e. The van der Waals surface area contributed by atoms with Crippen molar-refractivity contribution in [2.45, 2.75) is 26.5 Å². The first kappa shape index (κ1) is 27.9. The van der Waals surface area contributed by atoms with Gasteiger partial charge in [-0.05, 0) is 49.7 Å². The molecule has 2 heterocycles. The summed E-state index contributed by atoms with van der Waals surface area (Å²) in [7, 11) is 3.10. The highest BCUT2D eigenvalue weighted by atomic mass is 35.5. The van der Waals surface area contributed by atoms with Crippen molar-refractivity contribution in [1.29, 1.82) is 0 Å². The van der Waals surface area contributed by atoms with E-state index in [1.807, 2.05) is 56.3 Å². The van der Waals surface area contributed by atoms with Gasteiger partial charge < -0.3 is 29.6 Å². The molecule has 41 heavy (non-hydrogen) atoms. The lowest BCUT2D eigenvalue weighted by molar-refractivity contribution is -0.113. The Morgan fingerprint density at radius 1 is 1.02 bits per heavy atom. The second kappa shape index (κ2) is 12.2. The van der Waals surface area contributed by atoms with Crippen LogP contribution in [0.4, 0.5) is 11.6 Å². The van der Waals surface area contributed by atoms with Gasteiger partial charge in [0.25, 0.3) is 5.91 Å². The van der Waals surface area contributed by atoms with Crippen molar-refractivity contribution in [2.24, 2.45) is 0 Å². The number of aromatic nitrogens is 3. The molecule has 2 N–H and O–H groups in total. The SMILES string of the molecule is CCOc1cc([C@@H]2C(C(=O)Nc3ccc(OC)cc3OC)=C(C)Nc3ncnn32)ccc1OCc1ccccc1Cl. The summed E-state index contributed by atoms with van der Waals surface area (Å²) in [4.78, 5) is 18.2. The zero-order valence-electron chi connectivity index (χ0n) is 23.1. The van der Waals surface area contributed by atoms with Crippen molar-refractivity contribution >= 4 is 29.1 Å². The summed E-state index contributed by atoms with van der Waals surface area (Å²) in [6.07, 6.45) is 1.44. The van der Waals surface area contributed by atoms with Crippen LogP contribution in [0.2, 0.25) is 5.02 Å². The summed E-state index contributed by atoms with van der Waals surface area (Å²) >= 11 is 6.32. The van der Waals surface area contributed by atoms with Crippen LogP contribution in [-0.2, 0) is 11.4 Å². The van der Waals surface area contributed by atoms with Crippen LogP contribution in [0.25, 0.3) is 0 Å². The van der Waals surface area contributed by atoms with Crippen LogP contribution in [0.15, 0.2) is 78.3 Å². The van der Waals surface area contributed by atoms with E-state index in [2.05, 4.69) is 20.7 Å². The van der Waals surface area contributed by atoms with Crippen LogP contribution in [0.3, 0.4) is 0 Å². The van der Waals surface area contributed by atoms with Gasteiger partial charge in [0.15, 0.2) is 11.5 Å². The van der Waals surface area contributed by atoms with Gasteiger partial charge >= 0.3 is 0 Å². The molecule has 3 aromatic carbocycles. The van der Waals surface area contributed by atoms with Gasteiger partial charge in [-0.1, -0.05) is 35.9 Å². The third-order valence-electron chi connectivity index (χ3n) is 6.62. The predicted molar refractivity (Wildman–Crippen MR) is 156 cm³/mol. The van der Waals surface area contributed by atoms with Gasteiger partial charge in [-0.25, -0.2) is 4.68 Å². The number of allylic oxidation sites excluding steroid dienone is 1. The minimum atomic E-state index is -0.602. The topological polar surface area (TPSA) is 109 Å². The maximum Gasteiger partial charge on any atom is 0.255 e. The normalized spacial score (nSPS) is 14.1. The second-order valence-corrected chi connectivity index (χ2v) is 9.54. The van der Waals surface area contributed by atoms with Crippen LogP contribution < -0.4 is 29.6 Å². The molecule has 0 spiro atoms. The van der Waals surface area contributed by atoms with Gasteiger partial charge in [-0.2, -0.15) is 10.1 Å². The third kappa shape index (κ3) is 5.78. The van der Waals surface area contributed by atoms with Crippen LogP contribution >= 0.6 is 11.6 Å². The Morgan fingerprint density at radius 3 is 2.61 bits per heavy atom. The first-order chi connectivity index (χ1) is 19.9. The molecule has 212 valence electrons. The lowest BCUT2D eigenvalue weighted by Crippen LogP contribution is -2.31. The first-order valence-corrected chi connectivity index (χ1v) is 13.3. The maximum absolute atomic E-state index is 13.9. The largest absolute Gasteiger partial charge is 0.497 e. The van der Waals surface area contributed by atoms with E-state index in [0.717, 1.165) is 11.1 Å². The predicted octanol–water partition coefficient (Wildman–Crippen LogP) is 5.85. The Balaban J connectivity index is 1.50. The van der Waals surface area contributed by atoms with Crippen molar-refractivity contribution in [1.82, 2.24) is 14.8 Å². The van der Waals surface area contributed by atoms with Gasteiger partial charge in [0, 0.05) is 22.3 Å². The number of nitrogens with one attached hydrogen (secondary N) is 2. The van der Waals surface area contributed by atoms with Crippen molar-refractivity contribution in [2.75, 3.05) is 31.5 Å². The zero-order valence-corrected chi connectivity index (χ0v) is 23.9. The van der Waals surface area contributed by atoms with Crippen LogP contribution in [0.5, 0.6) is 23.0 Å². The zero-order chi connectivity index (χ0) is 28.9. The van der Waals surface area contributed by atoms with Gasteiger partial charge in [0.05, 0.1) is 32.1 Å². The summed E-state index contributed by atoms with van der Waals surface area (Å²) < 4.78 is 24.5. The summed E-state index contributed by atoms with van der Waals surface area (Å²) in [5, 5.41) is 11.2. The number of carbonyl (C=O) groups is 1. The molecule has 1 aromatic heterocycles. The van der Waals surface area contributed by atoms with E-state index in [9.17, 15) is 4.79 Å². The quantitative estimate of drug-likeness (QED) is 0.242. The Morgan fingerprint density at radius 2 is 1.85 bits per heavy atom. The average Bonchev–Trinajstić information content (AvgIpc) is 3.45. The summed E-state index contributed by atoms with van der Waals surface area (Å²) in [6, 6.07) is 17.7. The van der Waals surface area contributed by atoms with E-state index >= 15 is 0 Å². The molecule has 4 aromatic rings. The minimum Gasteiger partial charge on any atom is -0.497 e. The number of carbonyl (C=O) groups excluding carboxylic acids is 1. The highest BCUT2D eigenvalue weighted by Gasteiger charge is 2.34. The number of hydrogen-bond donors (Lipinski definition) is 2. The van der Waals surface area contributed by atoms with E-state index in [-0.39, 0.29) is 12.5 Å². The van der Waals surface area contributed by atoms with E-state index in [0.29, 0.717) is 57.5 Å². The number of benzene rings is 3. The highest BCUT2D eigenvalue weighted by Crippen LogP contribution is 2.40. The minimum absolute atomic E-state index is 0.274. The highest BCUT2D eigenvalue weighted by molar-refractivity contribution is 6.31. The fourth-order valence-electron chi connectivity index (χ4n) is 4.64. The number of halogens is 1. The van der Waals surface area contributed by atoms with E-state index < -0.39 is 6.04 Å². The molecule has 0 fully saturated rings. The number of hydrogen-bond acceptors (Lipinski definition) is 8. The molecule has 1 amide bonds. The molecule has 10 nitrogen and oxygen atoms in total. The Hall–Kier alpha value is -4.70. The molecule has 0 unspecified atom stereocenters. The molecule has 0 saturated heterocycles. The number of amides is 1. The molecule has 0 radical (unpaired) electrons. The fraction of sp³-hybridized carbons (Fsp3) is 0.233. The molecular weight excluding hydrogens is 546 g/mol. The van der Waals surface area contributed by atoms with Gasteiger partial charge in [0.1, 0.15) is 30.5 Å². The standard InChI is InChI=1S/C30H30ClN5O5/c1-5-40-26-14-19(10-13-24(26)41-16-20-8-6-7-9-22(20)31)28-27(18(2)34-30-32-17-33-36(28)30)29(37)35-23-12-11-21(38-3)15-25(23)39-4/h6-15,17,28H,5,16H2,1-4H3,(H,35,37)(H,32,33,34)/t28-/m1/s1. The molecule has 1 atom stereocenters. The molecule has 0 saturated carbocycles. The summed E-state index contributed by atoms with van der Waals surface area (Å²) in [5.41, 5.74) is 3.21. The maximum atomic E-state index is 13.9. The molecule has 0 aliphatic carbocycles. The monoisotopic (exact) mass is 575 g/mol. The van der Waals surface area contributed by atoms with Crippen LogP contribution in [0.1, 0.15) is 31.0 Å². The number of nitrogens with zero attached hydrogens (tertiary/aromatic N) is 3. The van der Waals surface area contributed by atoms with E-state index in [1.54, 1.807) is 30.0 Å². The number of ether oxygens (including phenoxy) is 4. The van der Waals surface area contributed by atoms with Crippen LogP contribution in [0, 0.1) is 0 Å². The number of fused-ring (bicyclic) bond motifs is 1. The Kier molecular flexibility index (Phi) is 8.30. The number of rotatable bonds is 10. The van der Waals surface area contributed by atoms with Crippen molar-refractivity contribution < 1.29 is 23.7 Å². The lowest BCUT2D eigenvalue weighted by atomic mass is 9.94. The van der Waals surface area contributed by atoms with Crippen molar-refractivity contribution in [3.8, 4) is 23.0 Å². The molecule has 1 aliphatic heterocycles. The molecule has 1 aliphatic rings. The summed E-state index contributed by atoms with van der Waals surface area (Å²) in [6.45, 7) is 4.42. The molecule has 11 heteroatoms. The lowest BCUT2D eigenvalue weighted by Gasteiger charge is -2.29. The van der Waals surface area contributed by atoms with Crippen LogP contribution in [-0.4, -0.2) is 41.5 Å². The first-order valence-electron chi connectivity index (χ1n) is 13.0. The van der Waals surface area contributed by atoms with Crippen molar-refractivity contribution in [3.05, 3.63) is 94.4 Å². The molecular formula is C30H30ClN5O5. The van der Waals surface area contributed by atoms with Gasteiger partial charge in [-0.15, -0.1) is 0 Å².